The first-order valence-corrected chi connectivity index (χ1v) is 10.7. The highest BCUT2D eigenvalue weighted by Gasteiger charge is 2.35. The molecule has 4 rings (SSSR count). The topological polar surface area (TPSA) is 97.8 Å². The van der Waals surface area contributed by atoms with Crippen LogP contribution in [0.3, 0.4) is 0 Å². The van der Waals surface area contributed by atoms with Gasteiger partial charge in [-0.2, -0.15) is 0 Å². The van der Waals surface area contributed by atoms with Gasteiger partial charge in [0.05, 0.1) is 31.0 Å². The maximum atomic E-state index is 12.9. The van der Waals surface area contributed by atoms with E-state index in [0.717, 1.165) is 11.3 Å². The molecule has 0 unspecified atom stereocenters. The predicted octanol–water partition coefficient (Wildman–Crippen LogP) is 3.56. The van der Waals surface area contributed by atoms with Crippen LogP contribution in [0.5, 0.6) is 11.5 Å². The third-order valence-electron chi connectivity index (χ3n) is 5.14. The van der Waals surface area contributed by atoms with Crippen LogP contribution < -0.4 is 14.8 Å². The van der Waals surface area contributed by atoms with E-state index >= 15 is 0 Å². The lowest BCUT2D eigenvalue weighted by Gasteiger charge is -2.14. The minimum absolute atomic E-state index is 0.210. The highest BCUT2D eigenvalue weighted by atomic mass is 32.1. The van der Waals surface area contributed by atoms with Crippen molar-refractivity contribution in [3.63, 3.8) is 0 Å². The average Bonchev–Trinajstić information content (AvgIpc) is 3.32. The van der Waals surface area contributed by atoms with Crippen LogP contribution in [0.15, 0.2) is 41.8 Å². The molecule has 1 aliphatic heterocycles. The largest absolute Gasteiger partial charge is 0.493 e. The van der Waals surface area contributed by atoms with E-state index in [1.807, 2.05) is 24.4 Å². The number of benzene rings is 2. The van der Waals surface area contributed by atoms with Crippen molar-refractivity contribution in [1.29, 1.82) is 0 Å². The Kier molecular flexibility index (Phi) is 5.91. The Bertz CT molecular complexity index is 1220. The fourth-order valence-corrected chi connectivity index (χ4v) is 4.18. The molecule has 2 heterocycles. The molecule has 0 fully saturated rings. The summed E-state index contributed by atoms with van der Waals surface area (Å²) in [6.45, 7) is 2.05. The number of ether oxygens (including phenoxy) is 2. The van der Waals surface area contributed by atoms with Crippen molar-refractivity contribution in [3.8, 4) is 11.5 Å². The number of hydrogen-bond donors (Lipinski definition) is 1. The first-order chi connectivity index (χ1) is 15.4. The van der Waals surface area contributed by atoms with E-state index in [1.54, 1.807) is 20.3 Å². The van der Waals surface area contributed by atoms with Crippen LogP contribution in [-0.4, -0.2) is 48.4 Å². The Hall–Kier alpha value is -3.72. The van der Waals surface area contributed by atoms with Gasteiger partial charge in [0.1, 0.15) is 0 Å². The number of carbonyl (C=O) groups excluding carboxylic acids is 3. The van der Waals surface area contributed by atoms with E-state index in [0.29, 0.717) is 34.2 Å². The van der Waals surface area contributed by atoms with E-state index in [2.05, 4.69) is 10.3 Å². The van der Waals surface area contributed by atoms with Crippen LogP contribution in [0.1, 0.15) is 42.3 Å². The number of thiazole rings is 1. The number of methoxy groups -OCH3 is 2. The summed E-state index contributed by atoms with van der Waals surface area (Å²) in [5, 5.41) is 5.02. The summed E-state index contributed by atoms with van der Waals surface area (Å²) in [4.78, 5) is 43.6. The van der Waals surface area contributed by atoms with Crippen molar-refractivity contribution >= 4 is 34.2 Å². The van der Waals surface area contributed by atoms with Gasteiger partial charge in [-0.05, 0) is 49.2 Å². The van der Waals surface area contributed by atoms with Crippen molar-refractivity contribution in [2.75, 3.05) is 26.1 Å². The van der Waals surface area contributed by atoms with Crippen molar-refractivity contribution in [2.45, 2.75) is 13.3 Å². The second kappa shape index (κ2) is 8.80. The lowest BCUT2D eigenvalue weighted by atomic mass is 10.1. The molecule has 3 aromatic rings. The first-order valence-electron chi connectivity index (χ1n) is 9.86. The molecule has 0 aliphatic carbocycles. The minimum Gasteiger partial charge on any atom is -0.493 e. The number of hydrogen-bond acceptors (Lipinski definition) is 7. The van der Waals surface area contributed by atoms with E-state index < -0.39 is 5.91 Å². The van der Waals surface area contributed by atoms with Crippen molar-refractivity contribution in [3.05, 3.63) is 69.7 Å². The number of aryl methyl sites for hydroxylation is 1. The van der Waals surface area contributed by atoms with Gasteiger partial charge >= 0.3 is 0 Å². The molecule has 0 atom stereocenters. The van der Waals surface area contributed by atoms with Crippen molar-refractivity contribution in [1.82, 2.24) is 9.88 Å². The minimum atomic E-state index is -0.412. The number of rotatable bonds is 7. The molecule has 0 saturated carbocycles. The van der Waals surface area contributed by atoms with Crippen LogP contribution in [0.4, 0.5) is 5.13 Å². The summed E-state index contributed by atoms with van der Waals surface area (Å²) in [7, 11) is 3.11. The molecular formula is C23H21N3O5S. The predicted molar refractivity (Wildman–Crippen MR) is 120 cm³/mol. The Morgan fingerprint density at radius 1 is 1.03 bits per heavy atom. The fourth-order valence-electron chi connectivity index (χ4n) is 3.49. The molecule has 0 radical (unpaired) electrons. The number of imide groups is 1. The van der Waals surface area contributed by atoms with Crippen LogP contribution in [0, 0.1) is 6.92 Å². The van der Waals surface area contributed by atoms with Gasteiger partial charge in [0.15, 0.2) is 16.6 Å². The van der Waals surface area contributed by atoms with Gasteiger partial charge in [-0.25, -0.2) is 4.98 Å². The monoisotopic (exact) mass is 451 g/mol. The highest BCUT2D eigenvalue weighted by Crippen LogP contribution is 2.29. The summed E-state index contributed by atoms with van der Waals surface area (Å²) >= 11 is 1.32. The van der Waals surface area contributed by atoms with Crippen LogP contribution in [0.2, 0.25) is 0 Å². The summed E-state index contributed by atoms with van der Waals surface area (Å²) in [6, 6.07) is 9.99. The van der Waals surface area contributed by atoms with Gasteiger partial charge in [0, 0.05) is 17.5 Å². The normalized spacial score (nSPS) is 12.7. The molecule has 1 aromatic heterocycles. The standard InChI is InChI=1S/C23H21N3O5S/c1-13-12-32-23(24-13)25-20(27)15-5-6-16-17(11-15)22(29)26(21(16)28)9-8-14-4-7-18(30-2)19(10-14)31-3/h4-7,10-12H,8-9H2,1-3H3,(H,24,25,27). The number of carbonyl (C=O) groups is 3. The highest BCUT2D eigenvalue weighted by molar-refractivity contribution is 7.13. The van der Waals surface area contributed by atoms with Gasteiger partial charge in [0.25, 0.3) is 17.7 Å². The van der Waals surface area contributed by atoms with E-state index in [1.165, 1.54) is 34.4 Å². The lowest BCUT2D eigenvalue weighted by Crippen LogP contribution is -2.31. The Balaban J connectivity index is 1.48. The quantitative estimate of drug-likeness (QED) is 0.552. The summed E-state index contributed by atoms with van der Waals surface area (Å²) in [5.74, 6) is 0.0264. The van der Waals surface area contributed by atoms with Gasteiger partial charge in [-0.15, -0.1) is 11.3 Å². The zero-order chi connectivity index (χ0) is 22.8. The molecule has 2 aromatic carbocycles. The number of nitrogens with zero attached hydrogens (tertiary/aromatic N) is 2. The second-order valence-electron chi connectivity index (χ2n) is 7.21. The summed E-state index contributed by atoms with van der Waals surface area (Å²) in [5.41, 5.74) is 2.52. The summed E-state index contributed by atoms with van der Waals surface area (Å²) in [6.07, 6.45) is 0.461. The molecule has 3 amide bonds. The van der Waals surface area contributed by atoms with Gasteiger partial charge < -0.3 is 9.47 Å². The van der Waals surface area contributed by atoms with E-state index in [-0.39, 0.29) is 23.9 Å². The molecule has 0 saturated heterocycles. The average molecular weight is 452 g/mol. The van der Waals surface area contributed by atoms with Crippen LogP contribution in [0.25, 0.3) is 0 Å². The zero-order valence-corrected chi connectivity index (χ0v) is 18.6. The number of fused-ring (bicyclic) bond motifs is 1. The number of aromatic nitrogens is 1. The number of amides is 3. The molecule has 8 nitrogen and oxygen atoms in total. The molecule has 0 spiro atoms. The number of nitrogens with one attached hydrogen (secondary N) is 1. The fraction of sp³-hybridized carbons (Fsp3) is 0.217. The number of anilines is 1. The SMILES string of the molecule is COc1ccc(CCN2C(=O)c3ccc(C(=O)Nc4nc(C)cs4)cc3C2=O)cc1OC. The molecule has 1 aliphatic rings. The molecule has 0 bridgehead atoms. The molecule has 9 heteroatoms. The van der Waals surface area contributed by atoms with Crippen molar-refractivity contribution < 1.29 is 23.9 Å². The first kappa shape index (κ1) is 21.5. The lowest BCUT2D eigenvalue weighted by molar-refractivity contribution is 0.0656. The van der Waals surface area contributed by atoms with Crippen LogP contribution >= 0.6 is 11.3 Å². The molecule has 164 valence electrons. The zero-order valence-electron chi connectivity index (χ0n) is 17.8. The van der Waals surface area contributed by atoms with E-state index in [4.69, 9.17) is 9.47 Å². The van der Waals surface area contributed by atoms with Crippen molar-refractivity contribution in [2.24, 2.45) is 0 Å². The maximum Gasteiger partial charge on any atom is 0.261 e. The van der Waals surface area contributed by atoms with Gasteiger partial charge in [-0.3, -0.25) is 24.6 Å². The van der Waals surface area contributed by atoms with E-state index in [9.17, 15) is 14.4 Å². The smallest absolute Gasteiger partial charge is 0.261 e. The Morgan fingerprint density at radius 3 is 2.47 bits per heavy atom. The second-order valence-corrected chi connectivity index (χ2v) is 8.07. The summed E-state index contributed by atoms with van der Waals surface area (Å²) < 4.78 is 10.5. The molecular weight excluding hydrogens is 430 g/mol. The van der Waals surface area contributed by atoms with Gasteiger partial charge in [-0.1, -0.05) is 6.07 Å². The third-order valence-corrected chi connectivity index (χ3v) is 6.02. The Morgan fingerprint density at radius 2 is 1.78 bits per heavy atom. The third kappa shape index (κ3) is 4.06. The Labute approximate surface area is 188 Å². The van der Waals surface area contributed by atoms with Crippen LogP contribution in [-0.2, 0) is 6.42 Å². The molecule has 1 N–H and O–H groups in total. The van der Waals surface area contributed by atoms with Gasteiger partial charge in [0.2, 0.25) is 0 Å². The maximum absolute atomic E-state index is 12.9. The molecule has 32 heavy (non-hydrogen) atoms.